The molecule has 36 heavy (non-hydrogen) atoms. The number of thiocarbonyl (C=S) groups is 1. The molecule has 1 unspecified atom stereocenters. The lowest BCUT2D eigenvalue weighted by Gasteiger charge is -2.35. The maximum Gasteiger partial charge on any atom is 0.270 e. The quantitative estimate of drug-likeness (QED) is 0.414. The van der Waals surface area contributed by atoms with E-state index in [0.29, 0.717) is 33.7 Å². The second-order valence-corrected chi connectivity index (χ2v) is 11.0. The van der Waals surface area contributed by atoms with Crippen LogP contribution in [0, 0.1) is 24.2 Å². The molecule has 0 aliphatic carbocycles. The highest BCUT2D eigenvalue weighted by Gasteiger charge is 2.33. The number of piperidine rings is 1. The molecule has 0 bridgehead atoms. The van der Waals surface area contributed by atoms with Crippen LogP contribution in [0.15, 0.2) is 34.0 Å². The second kappa shape index (κ2) is 10.9. The van der Waals surface area contributed by atoms with Crippen LogP contribution in [0.5, 0.6) is 5.75 Å². The van der Waals surface area contributed by atoms with Crippen LogP contribution < -0.4 is 15.2 Å². The zero-order valence-electron chi connectivity index (χ0n) is 21.0. The topological polar surface area (TPSA) is 78.6 Å². The maximum absolute atomic E-state index is 13.4. The third-order valence-corrected chi connectivity index (χ3v) is 8.23. The zero-order chi connectivity index (χ0) is 26.0. The number of benzene rings is 1. The number of carbonyl (C=O) groups is 1. The molecule has 2 aliphatic rings. The van der Waals surface area contributed by atoms with Gasteiger partial charge in [-0.15, -0.1) is 0 Å². The summed E-state index contributed by atoms with van der Waals surface area (Å²) >= 11 is 6.82. The summed E-state index contributed by atoms with van der Waals surface area (Å²) in [6, 6.07) is 9.83. The zero-order valence-corrected chi connectivity index (χ0v) is 22.7. The number of hydrogen-bond donors (Lipinski definition) is 0. The Labute approximate surface area is 221 Å². The number of aromatic nitrogens is 1. The van der Waals surface area contributed by atoms with Gasteiger partial charge in [0.25, 0.3) is 11.5 Å². The first-order valence-corrected chi connectivity index (χ1v) is 13.2. The lowest BCUT2D eigenvalue weighted by atomic mass is 9.98. The Morgan fingerprint density at radius 2 is 2.00 bits per heavy atom. The summed E-state index contributed by atoms with van der Waals surface area (Å²) in [7, 11) is 3.33. The van der Waals surface area contributed by atoms with Gasteiger partial charge >= 0.3 is 0 Å². The van der Waals surface area contributed by atoms with E-state index in [9.17, 15) is 14.9 Å². The Balaban J connectivity index is 1.67. The van der Waals surface area contributed by atoms with E-state index in [1.807, 2.05) is 30.3 Å². The van der Waals surface area contributed by atoms with Gasteiger partial charge in [-0.05, 0) is 61.4 Å². The fourth-order valence-electron chi connectivity index (χ4n) is 4.83. The monoisotopic (exact) mass is 522 g/mol. The minimum absolute atomic E-state index is 0.104. The van der Waals surface area contributed by atoms with Crippen LogP contribution >= 0.6 is 24.0 Å². The summed E-state index contributed by atoms with van der Waals surface area (Å²) in [4.78, 5) is 30.7. The first-order valence-electron chi connectivity index (χ1n) is 12.0. The molecule has 1 amide bonds. The van der Waals surface area contributed by atoms with Crippen molar-refractivity contribution in [2.24, 2.45) is 13.0 Å². The van der Waals surface area contributed by atoms with E-state index in [0.717, 1.165) is 48.6 Å². The number of carbonyl (C=O) groups excluding carboxylic acids is 1. The number of nitrogens with zero attached hydrogens (tertiary/aromatic N) is 4. The predicted octanol–water partition coefficient (Wildman–Crippen LogP) is 4.25. The first-order chi connectivity index (χ1) is 17.2. The molecule has 1 aromatic heterocycles. The van der Waals surface area contributed by atoms with Crippen molar-refractivity contribution in [3.8, 4) is 11.8 Å². The van der Waals surface area contributed by atoms with Crippen LogP contribution in [-0.4, -0.2) is 46.4 Å². The highest BCUT2D eigenvalue weighted by molar-refractivity contribution is 8.26. The number of rotatable bonds is 6. The number of hydrogen-bond acceptors (Lipinski definition) is 7. The van der Waals surface area contributed by atoms with Crippen molar-refractivity contribution < 1.29 is 9.53 Å². The van der Waals surface area contributed by atoms with Crippen LogP contribution in [0.3, 0.4) is 0 Å². The van der Waals surface area contributed by atoms with Crippen molar-refractivity contribution in [2.45, 2.75) is 33.1 Å². The van der Waals surface area contributed by atoms with E-state index >= 15 is 0 Å². The minimum Gasteiger partial charge on any atom is -0.497 e. The summed E-state index contributed by atoms with van der Waals surface area (Å²) in [6.07, 6.45) is 4.65. The molecule has 3 heterocycles. The van der Waals surface area contributed by atoms with Crippen molar-refractivity contribution in [3.63, 3.8) is 0 Å². The Morgan fingerprint density at radius 3 is 2.64 bits per heavy atom. The summed E-state index contributed by atoms with van der Waals surface area (Å²) < 4.78 is 7.28. The molecule has 9 heteroatoms. The Morgan fingerprint density at radius 1 is 1.28 bits per heavy atom. The fourth-order valence-corrected chi connectivity index (χ4v) is 6.12. The van der Waals surface area contributed by atoms with E-state index in [1.54, 1.807) is 30.5 Å². The van der Waals surface area contributed by atoms with Gasteiger partial charge in [-0.1, -0.05) is 43.0 Å². The fraction of sp³-hybridized carbons (Fsp3) is 0.407. The van der Waals surface area contributed by atoms with Crippen molar-refractivity contribution >= 4 is 46.1 Å². The predicted molar refractivity (Wildman–Crippen MR) is 148 cm³/mol. The highest BCUT2D eigenvalue weighted by atomic mass is 32.2. The van der Waals surface area contributed by atoms with Gasteiger partial charge in [-0.3, -0.25) is 19.1 Å². The first kappa shape index (κ1) is 26.0. The van der Waals surface area contributed by atoms with Gasteiger partial charge < -0.3 is 9.64 Å². The molecular formula is C27H30N4O3S2. The standard InChI is InChI=1S/C27H30N4O3S2/c1-17-6-5-12-30(16-17)24-21(18(2)22(15-28)25(32)29(24)3)14-23-26(33)31(27(35)36-23)13-11-19-7-9-20(34-4)10-8-19/h7-10,14,17H,5-6,11-13,16H2,1-4H3. The number of pyridine rings is 1. The number of methoxy groups -OCH3 is 1. The molecule has 4 rings (SSSR count). The van der Waals surface area contributed by atoms with Crippen molar-refractivity contribution in [3.05, 3.63) is 61.8 Å². The summed E-state index contributed by atoms with van der Waals surface area (Å²) in [6.45, 7) is 6.11. The number of ether oxygens (including phenoxy) is 1. The summed E-state index contributed by atoms with van der Waals surface area (Å²) in [5.74, 6) is 1.89. The van der Waals surface area contributed by atoms with Crippen LogP contribution in [0.4, 0.5) is 5.82 Å². The molecule has 1 aromatic carbocycles. The van der Waals surface area contributed by atoms with E-state index < -0.39 is 0 Å². The third kappa shape index (κ3) is 5.06. The number of thioether (sulfide) groups is 1. The molecule has 2 fully saturated rings. The van der Waals surface area contributed by atoms with E-state index in [1.165, 1.54) is 11.8 Å². The average Bonchev–Trinajstić information content (AvgIpc) is 3.13. The van der Waals surface area contributed by atoms with E-state index in [-0.39, 0.29) is 17.0 Å². The highest BCUT2D eigenvalue weighted by Crippen LogP contribution is 2.36. The van der Waals surface area contributed by atoms with Gasteiger partial charge in [0.15, 0.2) is 0 Å². The lowest BCUT2D eigenvalue weighted by molar-refractivity contribution is -0.122. The molecule has 0 spiro atoms. The molecule has 2 saturated heterocycles. The van der Waals surface area contributed by atoms with Gasteiger partial charge in [0.1, 0.15) is 27.5 Å². The Hall–Kier alpha value is -3.09. The number of nitriles is 1. The smallest absolute Gasteiger partial charge is 0.270 e. The molecule has 1 atom stereocenters. The Kier molecular flexibility index (Phi) is 7.86. The average molecular weight is 523 g/mol. The molecule has 0 N–H and O–H groups in total. The van der Waals surface area contributed by atoms with Gasteiger partial charge in [-0.2, -0.15) is 5.26 Å². The second-order valence-electron chi connectivity index (χ2n) is 9.34. The largest absolute Gasteiger partial charge is 0.497 e. The van der Waals surface area contributed by atoms with E-state index in [4.69, 9.17) is 17.0 Å². The molecule has 188 valence electrons. The van der Waals surface area contributed by atoms with Crippen molar-refractivity contribution in [1.29, 1.82) is 5.26 Å². The third-order valence-electron chi connectivity index (χ3n) is 6.86. The SMILES string of the molecule is COc1ccc(CCN2C(=O)C(=Cc3c(C)c(C#N)c(=O)n(C)c3N3CCCC(C)C3)SC2=S)cc1. The Bertz CT molecular complexity index is 1320. The lowest BCUT2D eigenvalue weighted by Crippen LogP contribution is -2.39. The van der Waals surface area contributed by atoms with Gasteiger partial charge in [0.05, 0.1) is 12.0 Å². The number of anilines is 1. The molecule has 2 aromatic rings. The van der Waals surface area contributed by atoms with Crippen LogP contribution in [0.1, 0.15) is 42.0 Å². The normalized spacial score (nSPS) is 19.2. The maximum atomic E-state index is 13.4. The van der Waals surface area contributed by atoms with Gasteiger partial charge in [0, 0.05) is 32.2 Å². The van der Waals surface area contributed by atoms with Crippen LogP contribution in [0.2, 0.25) is 0 Å². The van der Waals surface area contributed by atoms with Gasteiger partial charge in [0.2, 0.25) is 0 Å². The molecular weight excluding hydrogens is 492 g/mol. The van der Waals surface area contributed by atoms with Crippen molar-refractivity contribution in [1.82, 2.24) is 9.47 Å². The van der Waals surface area contributed by atoms with Crippen LogP contribution in [0.25, 0.3) is 6.08 Å². The van der Waals surface area contributed by atoms with Crippen LogP contribution in [-0.2, 0) is 18.3 Å². The molecule has 7 nitrogen and oxygen atoms in total. The van der Waals surface area contributed by atoms with E-state index in [2.05, 4.69) is 17.9 Å². The molecule has 2 aliphatic heterocycles. The van der Waals surface area contributed by atoms with Gasteiger partial charge in [-0.25, -0.2) is 0 Å². The molecule has 0 radical (unpaired) electrons. The number of amides is 1. The summed E-state index contributed by atoms with van der Waals surface area (Å²) in [5.41, 5.74) is 2.21. The minimum atomic E-state index is -0.313. The molecule has 0 saturated carbocycles. The van der Waals surface area contributed by atoms with Crippen molar-refractivity contribution in [2.75, 3.05) is 31.6 Å². The summed E-state index contributed by atoms with van der Waals surface area (Å²) in [5, 5.41) is 9.69.